The molecule has 0 unspecified atom stereocenters. The zero-order valence-electron chi connectivity index (χ0n) is 6.59. The van der Waals surface area contributed by atoms with E-state index in [4.69, 9.17) is 0 Å². The number of hydrogen-bond donors (Lipinski definition) is 1. The van der Waals surface area contributed by atoms with E-state index in [1.807, 2.05) is 24.3 Å². The summed E-state index contributed by atoms with van der Waals surface area (Å²) in [6.45, 7) is 0. The number of imidazole rings is 1. The fourth-order valence-corrected chi connectivity index (χ4v) is 1.65. The van der Waals surface area contributed by atoms with Crippen molar-refractivity contribution in [3.63, 3.8) is 0 Å². The number of nitrogens with zero attached hydrogens (tertiary/aromatic N) is 1. The van der Waals surface area contributed by atoms with Crippen molar-refractivity contribution in [2.45, 2.75) is 0 Å². The van der Waals surface area contributed by atoms with Gasteiger partial charge >= 0.3 is 0 Å². The van der Waals surface area contributed by atoms with Gasteiger partial charge in [-0.1, -0.05) is 28.1 Å². The lowest BCUT2D eigenvalue weighted by atomic mass is 10.2. The van der Waals surface area contributed by atoms with Crippen LogP contribution in [0.15, 0.2) is 39.7 Å². The molecule has 0 aliphatic carbocycles. The molecular formula is C9H6Br2N2. The second kappa shape index (κ2) is 3.64. The van der Waals surface area contributed by atoms with Gasteiger partial charge in [0, 0.05) is 4.47 Å². The van der Waals surface area contributed by atoms with Gasteiger partial charge in [0.2, 0.25) is 0 Å². The molecule has 0 atom stereocenters. The van der Waals surface area contributed by atoms with Crippen molar-refractivity contribution in [3.05, 3.63) is 39.7 Å². The third-order valence-corrected chi connectivity index (χ3v) is 2.63. The summed E-state index contributed by atoms with van der Waals surface area (Å²) in [7, 11) is 0. The predicted octanol–water partition coefficient (Wildman–Crippen LogP) is 3.60. The fraction of sp³-hybridized carbons (Fsp3) is 0. The van der Waals surface area contributed by atoms with Crippen LogP contribution in [0.2, 0.25) is 0 Å². The van der Waals surface area contributed by atoms with E-state index in [0.717, 1.165) is 20.5 Å². The molecule has 66 valence electrons. The first kappa shape index (κ1) is 8.97. The molecule has 4 heteroatoms. The van der Waals surface area contributed by atoms with Gasteiger partial charge in [-0.2, -0.15) is 0 Å². The molecule has 0 saturated heterocycles. The molecule has 1 heterocycles. The normalized spacial score (nSPS) is 10.3. The third-order valence-electron chi connectivity index (χ3n) is 1.70. The van der Waals surface area contributed by atoms with Gasteiger partial charge in [-0.05, 0) is 33.6 Å². The molecule has 0 saturated carbocycles. The molecule has 2 aromatic rings. The van der Waals surface area contributed by atoms with Crippen LogP contribution in [0.5, 0.6) is 0 Å². The number of aromatic amines is 1. The summed E-state index contributed by atoms with van der Waals surface area (Å²) in [4.78, 5) is 7.17. The van der Waals surface area contributed by atoms with E-state index in [-0.39, 0.29) is 0 Å². The molecule has 1 aromatic heterocycles. The Labute approximate surface area is 92.7 Å². The van der Waals surface area contributed by atoms with Crippen LogP contribution in [0.3, 0.4) is 0 Å². The summed E-state index contributed by atoms with van der Waals surface area (Å²) in [5.41, 5.74) is 2.14. The maximum atomic E-state index is 4.06. The van der Waals surface area contributed by atoms with Gasteiger partial charge in [0.15, 0.2) is 4.73 Å². The largest absolute Gasteiger partial charge is 0.333 e. The van der Waals surface area contributed by atoms with Crippen LogP contribution >= 0.6 is 31.9 Å². The molecule has 1 N–H and O–H groups in total. The molecule has 0 fully saturated rings. The van der Waals surface area contributed by atoms with Gasteiger partial charge < -0.3 is 4.98 Å². The minimum absolute atomic E-state index is 0.755. The van der Waals surface area contributed by atoms with Crippen molar-refractivity contribution in [3.8, 4) is 11.3 Å². The summed E-state index contributed by atoms with van der Waals surface area (Å²) < 4.78 is 1.83. The standard InChI is InChI=1S/C9H6Br2N2/c10-7-3-1-6(2-4-7)8-5-12-9(11)13-8/h1-5H,(H,12,13). The van der Waals surface area contributed by atoms with Crippen molar-refractivity contribution in [2.75, 3.05) is 0 Å². The number of rotatable bonds is 1. The molecule has 1 aromatic carbocycles. The number of benzene rings is 1. The monoisotopic (exact) mass is 300 g/mol. The Hall–Kier alpha value is -0.610. The summed E-state index contributed by atoms with van der Waals surface area (Å²) in [6, 6.07) is 8.07. The first-order valence-corrected chi connectivity index (χ1v) is 5.31. The van der Waals surface area contributed by atoms with E-state index < -0.39 is 0 Å². The first-order valence-electron chi connectivity index (χ1n) is 3.72. The van der Waals surface area contributed by atoms with E-state index in [9.17, 15) is 0 Å². The van der Waals surface area contributed by atoms with E-state index in [0.29, 0.717) is 0 Å². The number of H-pyrrole nitrogens is 1. The van der Waals surface area contributed by atoms with Crippen LogP contribution in [-0.2, 0) is 0 Å². The topological polar surface area (TPSA) is 28.7 Å². The number of halogens is 2. The van der Waals surface area contributed by atoms with Crippen LogP contribution in [0, 0.1) is 0 Å². The van der Waals surface area contributed by atoms with Gasteiger partial charge in [0.25, 0.3) is 0 Å². The van der Waals surface area contributed by atoms with Crippen molar-refractivity contribution >= 4 is 31.9 Å². The number of nitrogens with one attached hydrogen (secondary N) is 1. The van der Waals surface area contributed by atoms with Gasteiger partial charge in [-0.3, -0.25) is 0 Å². The van der Waals surface area contributed by atoms with E-state index in [2.05, 4.69) is 41.8 Å². The Kier molecular flexibility index (Phi) is 2.51. The van der Waals surface area contributed by atoms with Crippen LogP contribution < -0.4 is 0 Å². The molecule has 0 radical (unpaired) electrons. The lowest BCUT2D eigenvalue weighted by molar-refractivity contribution is 1.24. The minimum atomic E-state index is 0.755. The maximum Gasteiger partial charge on any atom is 0.174 e. The zero-order valence-corrected chi connectivity index (χ0v) is 9.76. The lowest BCUT2D eigenvalue weighted by Crippen LogP contribution is -1.75. The Bertz CT molecular complexity index is 406. The fourth-order valence-electron chi connectivity index (χ4n) is 1.07. The SMILES string of the molecule is Brc1ccc(-c2cnc(Br)[nH]2)cc1. The number of hydrogen-bond acceptors (Lipinski definition) is 1. The van der Waals surface area contributed by atoms with Gasteiger partial charge in [0.1, 0.15) is 0 Å². The average molecular weight is 302 g/mol. The smallest absolute Gasteiger partial charge is 0.174 e. The highest BCUT2D eigenvalue weighted by Crippen LogP contribution is 2.20. The summed E-state index contributed by atoms with van der Waals surface area (Å²) >= 11 is 6.66. The summed E-state index contributed by atoms with van der Waals surface area (Å²) in [5.74, 6) is 0. The Morgan fingerprint density at radius 3 is 2.31 bits per heavy atom. The van der Waals surface area contributed by atoms with Gasteiger partial charge in [-0.15, -0.1) is 0 Å². The Morgan fingerprint density at radius 1 is 1.08 bits per heavy atom. The molecule has 2 nitrogen and oxygen atoms in total. The van der Waals surface area contributed by atoms with E-state index in [1.165, 1.54) is 0 Å². The highest BCUT2D eigenvalue weighted by Gasteiger charge is 1.99. The van der Waals surface area contributed by atoms with Crippen molar-refractivity contribution < 1.29 is 0 Å². The van der Waals surface area contributed by atoms with Crippen LogP contribution in [-0.4, -0.2) is 9.97 Å². The number of aromatic nitrogens is 2. The minimum Gasteiger partial charge on any atom is -0.333 e. The quantitative estimate of drug-likeness (QED) is 0.856. The summed E-state index contributed by atoms with van der Waals surface area (Å²) in [5, 5.41) is 0. The Morgan fingerprint density at radius 2 is 1.77 bits per heavy atom. The van der Waals surface area contributed by atoms with Crippen LogP contribution in [0.1, 0.15) is 0 Å². The molecular weight excluding hydrogens is 296 g/mol. The molecule has 0 aliphatic heterocycles. The molecule has 13 heavy (non-hydrogen) atoms. The Balaban J connectivity index is 2.41. The first-order chi connectivity index (χ1) is 6.25. The molecule has 2 rings (SSSR count). The molecule has 0 spiro atoms. The van der Waals surface area contributed by atoms with Crippen molar-refractivity contribution in [2.24, 2.45) is 0 Å². The van der Waals surface area contributed by atoms with Crippen LogP contribution in [0.25, 0.3) is 11.3 Å². The van der Waals surface area contributed by atoms with Crippen molar-refractivity contribution in [1.82, 2.24) is 9.97 Å². The predicted molar refractivity (Wildman–Crippen MR) is 59.4 cm³/mol. The second-order valence-corrected chi connectivity index (χ2v) is 4.26. The average Bonchev–Trinajstić information content (AvgIpc) is 2.53. The van der Waals surface area contributed by atoms with Gasteiger partial charge in [-0.25, -0.2) is 4.98 Å². The highest BCUT2D eigenvalue weighted by molar-refractivity contribution is 9.10. The van der Waals surface area contributed by atoms with E-state index >= 15 is 0 Å². The zero-order chi connectivity index (χ0) is 9.26. The lowest BCUT2D eigenvalue weighted by Gasteiger charge is -1.96. The molecule has 0 aliphatic rings. The van der Waals surface area contributed by atoms with Crippen molar-refractivity contribution in [1.29, 1.82) is 0 Å². The van der Waals surface area contributed by atoms with Gasteiger partial charge in [0.05, 0.1) is 11.9 Å². The molecule has 0 amide bonds. The second-order valence-electron chi connectivity index (χ2n) is 2.59. The molecule has 0 bridgehead atoms. The summed E-state index contributed by atoms with van der Waals surface area (Å²) in [6.07, 6.45) is 1.80. The van der Waals surface area contributed by atoms with E-state index in [1.54, 1.807) is 6.20 Å². The third kappa shape index (κ3) is 2.00. The highest BCUT2D eigenvalue weighted by atomic mass is 79.9. The maximum absolute atomic E-state index is 4.06. The van der Waals surface area contributed by atoms with Crippen LogP contribution in [0.4, 0.5) is 0 Å².